The van der Waals surface area contributed by atoms with Crippen molar-refractivity contribution >= 4 is 5.91 Å². The van der Waals surface area contributed by atoms with Crippen LogP contribution in [0, 0.1) is 11.8 Å². The molecule has 0 spiro atoms. The highest BCUT2D eigenvalue weighted by Gasteiger charge is 2.50. The van der Waals surface area contributed by atoms with E-state index in [9.17, 15) is 4.79 Å². The van der Waals surface area contributed by atoms with Crippen LogP contribution < -0.4 is 0 Å². The third-order valence-corrected chi connectivity index (χ3v) is 5.85. The van der Waals surface area contributed by atoms with Gasteiger partial charge in [0, 0.05) is 25.2 Å². The molecule has 100 valence electrons. The molecule has 0 saturated carbocycles. The van der Waals surface area contributed by atoms with E-state index in [1.807, 2.05) is 0 Å². The summed E-state index contributed by atoms with van der Waals surface area (Å²) in [5.41, 5.74) is 0. The smallest absolute Gasteiger partial charge is 0.227 e. The molecule has 1 amide bonds. The molecule has 0 unspecified atom stereocenters. The molecule has 4 aliphatic heterocycles. The minimum Gasteiger partial charge on any atom is -0.339 e. The van der Waals surface area contributed by atoms with Crippen LogP contribution in [0.5, 0.6) is 0 Å². The molecule has 0 N–H and O–H groups in total. The van der Waals surface area contributed by atoms with Crippen molar-refractivity contribution in [2.75, 3.05) is 19.6 Å². The molecule has 2 bridgehead atoms. The summed E-state index contributed by atoms with van der Waals surface area (Å²) in [5, 5.41) is 0. The van der Waals surface area contributed by atoms with Crippen molar-refractivity contribution in [3.05, 3.63) is 0 Å². The Morgan fingerprint density at radius 1 is 0.944 bits per heavy atom. The van der Waals surface area contributed by atoms with Crippen LogP contribution in [0.4, 0.5) is 0 Å². The molecule has 3 nitrogen and oxygen atoms in total. The zero-order valence-corrected chi connectivity index (χ0v) is 11.2. The molecule has 0 aliphatic carbocycles. The Morgan fingerprint density at radius 3 is 2.61 bits per heavy atom. The maximum Gasteiger partial charge on any atom is 0.227 e. The van der Waals surface area contributed by atoms with Crippen LogP contribution in [0.1, 0.15) is 44.9 Å². The van der Waals surface area contributed by atoms with E-state index in [1.165, 1.54) is 58.0 Å². The predicted molar refractivity (Wildman–Crippen MR) is 70.2 cm³/mol. The van der Waals surface area contributed by atoms with Crippen LogP contribution in [0.2, 0.25) is 0 Å². The van der Waals surface area contributed by atoms with E-state index in [1.54, 1.807) is 0 Å². The van der Waals surface area contributed by atoms with E-state index in [2.05, 4.69) is 9.80 Å². The third kappa shape index (κ3) is 1.56. The van der Waals surface area contributed by atoms with E-state index in [0.29, 0.717) is 23.9 Å². The van der Waals surface area contributed by atoms with Crippen molar-refractivity contribution in [2.45, 2.75) is 57.0 Å². The highest BCUT2D eigenvalue weighted by molar-refractivity contribution is 5.81. The number of rotatable bonds is 0. The van der Waals surface area contributed by atoms with Crippen molar-refractivity contribution in [1.82, 2.24) is 9.80 Å². The zero-order chi connectivity index (χ0) is 12.1. The van der Waals surface area contributed by atoms with Gasteiger partial charge < -0.3 is 4.90 Å². The minimum absolute atomic E-state index is 0.346. The fraction of sp³-hybridized carbons (Fsp3) is 0.933. The summed E-state index contributed by atoms with van der Waals surface area (Å²) in [5.74, 6) is 1.63. The Bertz CT molecular complexity index is 354. The highest BCUT2D eigenvalue weighted by atomic mass is 16.2. The molecule has 0 aromatic rings. The summed E-state index contributed by atoms with van der Waals surface area (Å²) >= 11 is 0. The van der Waals surface area contributed by atoms with Gasteiger partial charge in [0.2, 0.25) is 5.91 Å². The monoisotopic (exact) mass is 248 g/mol. The SMILES string of the molecule is O=C1[C@@H]2C[C@H](CN3CCCC[C@@H]23)[C@H]2CCCCN12. The maximum atomic E-state index is 12.7. The first-order valence-corrected chi connectivity index (χ1v) is 7.89. The van der Waals surface area contributed by atoms with Gasteiger partial charge in [-0.1, -0.05) is 6.42 Å². The topological polar surface area (TPSA) is 23.6 Å². The third-order valence-electron chi connectivity index (χ3n) is 5.85. The molecule has 4 heterocycles. The van der Waals surface area contributed by atoms with Crippen LogP contribution >= 0.6 is 0 Å². The first-order chi connectivity index (χ1) is 8.84. The lowest BCUT2D eigenvalue weighted by atomic mass is 9.70. The van der Waals surface area contributed by atoms with Crippen molar-refractivity contribution in [3.8, 4) is 0 Å². The van der Waals surface area contributed by atoms with Crippen LogP contribution in [0.3, 0.4) is 0 Å². The standard InChI is InChI=1S/C15H24N2O/c18-15-12-9-11(13-5-2-4-8-17(13)15)10-16-7-3-1-6-14(12)16/h11-14H,1-10H2/t11-,12-,13-,14+/m1/s1. The van der Waals surface area contributed by atoms with Gasteiger partial charge in [0.15, 0.2) is 0 Å². The number of nitrogens with zero attached hydrogens (tertiary/aromatic N) is 2. The molecule has 0 radical (unpaired) electrons. The molecule has 3 heteroatoms. The Labute approximate surface area is 110 Å². The van der Waals surface area contributed by atoms with Gasteiger partial charge in [0.25, 0.3) is 0 Å². The molecule has 4 atom stereocenters. The van der Waals surface area contributed by atoms with Gasteiger partial charge in [-0.2, -0.15) is 0 Å². The van der Waals surface area contributed by atoms with Crippen LogP contribution in [0.15, 0.2) is 0 Å². The molecule has 0 aromatic heterocycles. The number of fused-ring (bicyclic) bond motifs is 6. The van der Waals surface area contributed by atoms with E-state index < -0.39 is 0 Å². The van der Waals surface area contributed by atoms with Crippen molar-refractivity contribution < 1.29 is 4.79 Å². The van der Waals surface area contributed by atoms with Gasteiger partial charge in [-0.05, 0) is 51.0 Å². The number of piperidine rings is 4. The van der Waals surface area contributed by atoms with Crippen LogP contribution in [-0.2, 0) is 4.79 Å². The Hall–Kier alpha value is -0.570. The number of carbonyl (C=O) groups excluding carboxylic acids is 1. The number of hydrogen-bond donors (Lipinski definition) is 0. The van der Waals surface area contributed by atoms with Gasteiger partial charge >= 0.3 is 0 Å². The summed E-state index contributed by atoms with van der Waals surface area (Å²) in [4.78, 5) is 17.7. The van der Waals surface area contributed by atoms with E-state index in [-0.39, 0.29) is 0 Å². The Morgan fingerprint density at radius 2 is 1.72 bits per heavy atom. The fourth-order valence-electron chi connectivity index (χ4n) is 5.04. The molecule has 18 heavy (non-hydrogen) atoms. The second-order valence-electron chi connectivity index (χ2n) is 6.76. The minimum atomic E-state index is 0.346. The van der Waals surface area contributed by atoms with E-state index in [4.69, 9.17) is 0 Å². The largest absolute Gasteiger partial charge is 0.339 e. The molecule has 4 saturated heterocycles. The molecule has 4 fully saturated rings. The van der Waals surface area contributed by atoms with Crippen molar-refractivity contribution in [3.63, 3.8) is 0 Å². The number of amides is 1. The van der Waals surface area contributed by atoms with Gasteiger partial charge in [0.1, 0.15) is 0 Å². The summed E-state index contributed by atoms with van der Waals surface area (Å²) in [6.07, 6.45) is 8.97. The zero-order valence-electron chi connectivity index (χ0n) is 11.2. The Kier molecular flexibility index (Phi) is 2.65. The first-order valence-electron chi connectivity index (χ1n) is 7.89. The lowest BCUT2D eigenvalue weighted by Gasteiger charge is -2.56. The van der Waals surface area contributed by atoms with E-state index >= 15 is 0 Å². The van der Waals surface area contributed by atoms with Crippen molar-refractivity contribution in [2.24, 2.45) is 11.8 Å². The van der Waals surface area contributed by atoms with Gasteiger partial charge in [-0.3, -0.25) is 9.69 Å². The molecular formula is C15H24N2O. The van der Waals surface area contributed by atoms with Gasteiger partial charge in [-0.25, -0.2) is 0 Å². The van der Waals surface area contributed by atoms with Gasteiger partial charge in [0.05, 0.1) is 5.92 Å². The predicted octanol–water partition coefficient (Wildman–Crippen LogP) is 1.87. The number of hydrogen-bond acceptors (Lipinski definition) is 2. The molecule has 0 aromatic carbocycles. The van der Waals surface area contributed by atoms with Crippen LogP contribution in [-0.4, -0.2) is 47.4 Å². The van der Waals surface area contributed by atoms with Gasteiger partial charge in [-0.15, -0.1) is 0 Å². The first kappa shape index (κ1) is 11.3. The summed E-state index contributed by atoms with van der Waals surface area (Å²) in [6, 6.07) is 1.18. The summed E-state index contributed by atoms with van der Waals surface area (Å²) in [6.45, 7) is 3.57. The Balaban J connectivity index is 1.63. The second kappa shape index (κ2) is 4.22. The van der Waals surface area contributed by atoms with E-state index in [0.717, 1.165) is 12.5 Å². The molecule has 4 aliphatic rings. The normalized spacial score (nSPS) is 44.4. The molecule has 4 rings (SSSR count). The lowest BCUT2D eigenvalue weighted by molar-refractivity contribution is -0.158. The quantitative estimate of drug-likeness (QED) is 0.653. The average Bonchev–Trinajstić information content (AvgIpc) is 2.44. The summed E-state index contributed by atoms with van der Waals surface area (Å²) < 4.78 is 0. The number of carbonyl (C=O) groups is 1. The highest BCUT2D eigenvalue weighted by Crippen LogP contribution is 2.43. The van der Waals surface area contributed by atoms with Crippen molar-refractivity contribution in [1.29, 1.82) is 0 Å². The fourth-order valence-corrected chi connectivity index (χ4v) is 5.04. The molecular weight excluding hydrogens is 224 g/mol. The summed E-state index contributed by atoms with van der Waals surface area (Å²) in [7, 11) is 0. The van der Waals surface area contributed by atoms with Crippen LogP contribution in [0.25, 0.3) is 0 Å². The second-order valence-corrected chi connectivity index (χ2v) is 6.76. The maximum absolute atomic E-state index is 12.7. The average molecular weight is 248 g/mol. The lowest BCUT2D eigenvalue weighted by Crippen LogP contribution is -2.65.